The van der Waals surface area contributed by atoms with Gasteiger partial charge in [-0.3, -0.25) is 4.79 Å². The first kappa shape index (κ1) is 17.3. The summed E-state index contributed by atoms with van der Waals surface area (Å²) in [7, 11) is 0. The van der Waals surface area contributed by atoms with Crippen molar-refractivity contribution in [3.05, 3.63) is 34.9 Å². The molecule has 0 heterocycles. The quantitative estimate of drug-likeness (QED) is 0.893. The molecule has 3 nitrogen and oxygen atoms in total. The number of hydrogen-bond donors (Lipinski definition) is 2. The number of carbonyl (C=O) groups excluding carboxylic acids is 1. The number of carbonyl (C=O) groups is 1. The monoisotopic (exact) mass is 316 g/mol. The zero-order valence-corrected chi connectivity index (χ0v) is 13.2. The van der Waals surface area contributed by atoms with Crippen LogP contribution in [-0.2, 0) is 4.79 Å². The van der Waals surface area contributed by atoms with E-state index in [9.17, 15) is 4.79 Å². The van der Waals surface area contributed by atoms with Crippen LogP contribution in [-0.4, -0.2) is 11.9 Å². The second kappa shape index (κ2) is 7.87. The summed E-state index contributed by atoms with van der Waals surface area (Å²) in [6, 6.07) is 7.75. The van der Waals surface area contributed by atoms with Gasteiger partial charge in [0, 0.05) is 17.5 Å². The topological polar surface area (TPSA) is 55.1 Å². The van der Waals surface area contributed by atoms with Crippen molar-refractivity contribution in [2.45, 2.75) is 44.7 Å². The molecule has 1 saturated carbocycles. The van der Waals surface area contributed by atoms with Crippen molar-refractivity contribution in [1.29, 1.82) is 0 Å². The van der Waals surface area contributed by atoms with E-state index in [1.165, 1.54) is 0 Å². The zero-order valence-electron chi connectivity index (χ0n) is 11.6. The Balaban J connectivity index is 0.00000200. The summed E-state index contributed by atoms with van der Waals surface area (Å²) in [5.41, 5.74) is 7.05. The fourth-order valence-electron chi connectivity index (χ4n) is 2.69. The lowest BCUT2D eigenvalue weighted by molar-refractivity contribution is -0.122. The third-order valence-corrected chi connectivity index (χ3v) is 4.16. The standard InChI is InChI=1S/C15H21ClN2O.ClH/c1-10(11-5-7-13(16)8-6-11)18-15(19)9-12-3-2-4-14(12)17;/h5-8,10,12,14H,2-4,9,17H2,1H3,(H,18,19);1H/t10?,12-,14+;/m0./s1. The number of hydrogen-bond acceptors (Lipinski definition) is 2. The molecular formula is C15H22Cl2N2O. The maximum atomic E-state index is 12.0. The highest BCUT2D eigenvalue weighted by molar-refractivity contribution is 6.30. The van der Waals surface area contributed by atoms with Gasteiger partial charge in [0.15, 0.2) is 0 Å². The lowest BCUT2D eigenvalue weighted by atomic mass is 9.99. The van der Waals surface area contributed by atoms with E-state index in [4.69, 9.17) is 17.3 Å². The number of rotatable bonds is 4. The van der Waals surface area contributed by atoms with E-state index in [-0.39, 0.29) is 30.4 Å². The third kappa shape index (κ3) is 4.65. The van der Waals surface area contributed by atoms with Crippen LogP contribution in [0.5, 0.6) is 0 Å². The summed E-state index contributed by atoms with van der Waals surface area (Å²) in [4.78, 5) is 12.0. The van der Waals surface area contributed by atoms with Crippen LogP contribution in [0.2, 0.25) is 5.02 Å². The Morgan fingerprint density at radius 3 is 2.60 bits per heavy atom. The van der Waals surface area contributed by atoms with Crippen LogP contribution in [0.3, 0.4) is 0 Å². The summed E-state index contributed by atoms with van der Waals surface area (Å²) in [6.07, 6.45) is 3.81. The first-order chi connectivity index (χ1) is 9.06. The van der Waals surface area contributed by atoms with Gasteiger partial charge in [-0.1, -0.05) is 30.2 Å². The van der Waals surface area contributed by atoms with Crippen molar-refractivity contribution >= 4 is 29.9 Å². The molecular weight excluding hydrogens is 295 g/mol. The van der Waals surface area contributed by atoms with Crippen molar-refractivity contribution in [3.8, 4) is 0 Å². The average molecular weight is 317 g/mol. The van der Waals surface area contributed by atoms with E-state index in [2.05, 4.69) is 5.32 Å². The molecule has 0 aromatic heterocycles. The summed E-state index contributed by atoms with van der Waals surface area (Å²) in [5.74, 6) is 0.433. The molecule has 1 aromatic rings. The molecule has 3 N–H and O–H groups in total. The predicted octanol–water partition coefficient (Wildman–Crippen LogP) is 3.46. The van der Waals surface area contributed by atoms with E-state index in [0.717, 1.165) is 24.8 Å². The molecule has 1 amide bonds. The minimum atomic E-state index is 0. The van der Waals surface area contributed by atoms with Gasteiger partial charge in [-0.25, -0.2) is 0 Å². The van der Waals surface area contributed by atoms with Crippen LogP contribution < -0.4 is 11.1 Å². The Bertz CT molecular complexity index is 436. The molecule has 1 fully saturated rings. The highest BCUT2D eigenvalue weighted by Crippen LogP contribution is 2.27. The van der Waals surface area contributed by atoms with Gasteiger partial charge in [-0.2, -0.15) is 0 Å². The SMILES string of the molecule is CC(NC(=O)C[C@@H]1CCC[C@H]1N)c1ccc(Cl)cc1.Cl. The predicted molar refractivity (Wildman–Crippen MR) is 85.2 cm³/mol. The molecule has 2 rings (SSSR count). The van der Waals surface area contributed by atoms with Crippen molar-refractivity contribution in [2.24, 2.45) is 11.7 Å². The first-order valence-corrected chi connectivity index (χ1v) is 7.24. The third-order valence-electron chi connectivity index (χ3n) is 3.91. The molecule has 112 valence electrons. The molecule has 0 radical (unpaired) electrons. The van der Waals surface area contributed by atoms with Crippen molar-refractivity contribution in [1.82, 2.24) is 5.32 Å². The maximum absolute atomic E-state index is 12.0. The number of nitrogens with two attached hydrogens (primary N) is 1. The van der Waals surface area contributed by atoms with Gasteiger partial charge in [-0.15, -0.1) is 12.4 Å². The summed E-state index contributed by atoms with van der Waals surface area (Å²) in [6.45, 7) is 1.98. The van der Waals surface area contributed by atoms with E-state index >= 15 is 0 Å². The van der Waals surface area contributed by atoms with Crippen LogP contribution in [0.4, 0.5) is 0 Å². The normalized spacial score (nSPS) is 22.9. The maximum Gasteiger partial charge on any atom is 0.220 e. The lowest BCUT2D eigenvalue weighted by Gasteiger charge is -2.18. The van der Waals surface area contributed by atoms with Crippen molar-refractivity contribution in [3.63, 3.8) is 0 Å². The molecule has 0 spiro atoms. The number of halogens is 2. The fraction of sp³-hybridized carbons (Fsp3) is 0.533. The second-order valence-electron chi connectivity index (χ2n) is 5.40. The molecule has 1 aliphatic rings. The smallest absolute Gasteiger partial charge is 0.220 e. The minimum absolute atomic E-state index is 0. The number of amides is 1. The zero-order chi connectivity index (χ0) is 13.8. The fourth-order valence-corrected chi connectivity index (χ4v) is 2.82. The highest BCUT2D eigenvalue weighted by atomic mass is 35.5. The lowest BCUT2D eigenvalue weighted by Crippen LogP contribution is -2.32. The van der Waals surface area contributed by atoms with Gasteiger partial charge in [0.05, 0.1) is 6.04 Å². The summed E-state index contributed by atoms with van der Waals surface area (Å²) < 4.78 is 0. The Morgan fingerprint density at radius 1 is 1.40 bits per heavy atom. The average Bonchev–Trinajstić information content (AvgIpc) is 2.75. The number of nitrogens with one attached hydrogen (secondary N) is 1. The van der Waals surface area contributed by atoms with Gasteiger partial charge in [-0.05, 0) is 43.4 Å². The molecule has 0 bridgehead atoms. The van der Waals surface area contributed by atoms with Crippen LogP contribution in [0.25, 0.3) is 0 Å². The van der Waals surface area contributed by atoms with Crippen molar-refractivity contribution in [2.75, 3.05) is 0 Å². The van der Waals surface area contributed by atoms with Crippen LogP contribution in [0.15, 0.2) is 24.3 Å². The molecule has 1 aromatic carbocycles. The Hall–Kier alpha value is -0.770. The Kier molecular flexibility index (Phi) is 6.80. The van der Waals surface area contributed by atoms with Gasteiger partial charge < -0.3 is 11.1 Å². The molecule has 3 atom stereocenters. The van der Waals surface area contributed by atoms with E-state index in [1.807, 2.05) is 31.2 Å². The Labute approximate surface area is 131 Å². The first-order valence-electron chi connectivity index (χ1n) is 6.86. The van der Waals surface area contributed by atoms with E-state index in [0.29, 0.717) is 17.4 Å². The van der Waals surface area contributed by atoms with E-state index in [1.54, 1.807) is 0 Å². The van der Waals surface area contributed by atoms with E-state index < -0.39 is 0 Å². The molecule has 20 heavy (non-hydrogen) atoms. The largest absolute Gasteiger partial charge is 0.350 e. The van der Waals surface area contributed by atoms with Crippen molar-refractivity contribution < 1.29 is 4.79 Å². The van der Waals surface area contributed by atoms with Crippen LogP contribution >= 0.6 is 24.0 Å². The summed E-state index contributed by atoms with van der Waals surface area (Å²) >= 11 is 5.85. The van der Waals surface area contributed by atoms with Crippen LogP contribution in [0, 0.1) is 5.92 Å². The molecule has 0 aliphatic heterocycles. The molecule has 1 aliphatic carbocycles. The van der Waals surface area contributed by atoms with Gasteiger partial charge in [0.1, 0.15) is 0 Å². The summed E-state index contributed by atoms with van der Waals surface area (Å²) in [5, 5.41) is 3.73. The molecule has 5 heteroatoms. The highest BCUT2D eigenvalue weighted by Gasteiger charge is 2.26. The van der Waals surface area contributed by atoms with Crippen LogP contribution in [0.1, 0.15) is 44.2 Å². The minimum Gasteiger partial charge on any atom is -0.350 e. The van der Waals surface area contributed by atoms with Gasteiger partial charge in [0.2, 0.25) is 5.91 Å². The molecule has 1 unspecified atom stereocenters. The number of benzene rings is 1. The Morgan fingerprint density at radius 2 is 2.05 bits per heavy atom. The second-order valence-corrected chi connectivity index (χ2v) is 5.84. The van der Waals surface area contributed by atoms with Gasteiger partial charge >= 0.3 is 0 Å². The van der Waals surface area contributed by atoms with Gasteiger partial charge in [0.25, 0.3) is 0 Å². The molecule has 0 saturated heterocycles.